The Balaban J connectivity index is 2.01. The molecule has 1 heterocycles. The van der Waals surface area contributed by atoms with Crippen molar-refractivity contribution in [1.82, 2.24) is 10.3 Å². The highest BCUT2D eigenvalue weighted by atomic mass is 35.5. The minimum Gasteiger partial charge on any atom is -0.383 e. The molecule has 1 aromatic heterocycles. The Morgan fingerprint density at radius 1 is 1.43 bits per heavy atom. The van der Waals surface area contributed by atoms with Gasteiger partial charge < -0.3 is 11.1 Å². The van der Waals surface area contributed by atoms with E-state index in [4.69, 9.17) is 17.3 Å². The van der Waals surface area contributed by atoms with Gasteiger partial charge in [0.15, 0.2) is 0 Å². The van der Waals surface area contributed by atoms with E-state index >= 15 is 0 Å². The number of halogens is 1. The maximum atomic E-state index is 6.12. The van der Waals surface area contributed by atoms with Crippen LogP contribution in [0, 0.1) is 0 Å². The van der Waals surface area contributed by atoms with Crippen LogP contribution in [0.5, 0.6) is 0 Å². The molecule has 0 radical (unpaired) electrons. The van der Waals surface area contributed by atoms with Gasteiger partial charge in [0.05, 0.1) is 5.02 Å². The van der Waals surface area contributed by atoms with Gasteiger partial charge in [-0.25, -0.2) is 4.98 Å². The molecular weight excluding hydrogens is 282 g/mol. The molecule has 1 aliphatic rings. The van der Waals surface area contributed by atoms with Gasteiger partial charge in [0.25, 0.3) is 0 Å². The summed E-state index contributed by atoms with van der Waals surface area (Å²) < 4.78 is 0. The molecule has 21 heavy (non-hydrogen) atoms. The van der Waals surface area contributed by atoms with Crippen LogP contribution in [-0.2, 0) is 6.42 Å². The number of fused-ring (bicyclic) bond motifs is 1. The van der Waals surface area contributed by atoms with Gasteiger partial charge in [0, 0.05) is 23.7 Å². The van der Waals surface area contributed by atoms with Crippen LogP contribution in [0.4, 0.5) is 5.82 Å². The minimum atomic E-state index is 0.157. The average molecular weight is 302 g/mol. The summed E-state index contributed by atoms with van der Waals surface area (Å²) in [5, 5.41) is 4.20. The van der Waals surface area contributed by atoms with Crippen LogP contribution in [0.1, 0.15) is 42.0 Å². The second-order valence-electron chi connectivity index (χ2n) is 5.51. The zero-order chi connectivity index (χ0) is 14.8. The van der Waals surface area contributed by atoms with Gasteiger partial charge in [-0.05, 0) is 36.6 Å². The average Bonchev–Trinajstić information content (AvgIpc) is 2.91. The first kappa shape index (κ1) is 14.4. The molecule has 2 aromatic rings. The summed E-state index contributed by atoms with van der Waals surface area (Å²) >= 11 is 6.12. The number of likely N-dealkylation sites (N-methyl/N-ethyl adjacent to an activating group) is 1. The second kappa shape index (κ2) is 6.04. The first-order valence-corrected chi connectivity index (χ1v) is 7.80. The van der Waals surface area contributed by atoms with Crippen LogP contribution in [0.15, 0.2) is 36.5 Å². The van der Waals surface area contributed by atoms with E-state index in [0.29, 0.717) is 16.8 Å². The Morgan fingerprint density at radius 3 is 3.05 bits per heavy atom. The zero-order valence-electron chi connectivity index (χ0n) is 12.1. The summed E-state index contributed by atoms with van der Waals surface area (Å²) in [6, 6.07) is 10.8. The van der Waals surface area contributed by atoms with Crippen molar-refractivity contribution in [2.24, 2.45) is 0 Å². The number of aryl methyl sites for hydroxylation is 1. The van der Waals surface area contributed by atoms with Crippen LogP contribution < -0.4 is 11.1 Å². The predicted molar refractivity (Wildman–Crippen MR) is 87.6 cm³/mol. The van der Waals surface area contributed by atoms with Gasteiger partial charge in [-0.2, -0.15) is 0 Å². The molecule has 1 aromatic carbocycles. The van der Waals surface area contributed by atoms with Crippen molar-refractivity contribution in [2.75, 3.05) is 12.3 Å². The normalized spacial score (nSPS) is 18.5. The van der Waals surface area contributed by atoms with Gasteiger partial charge in [0.1, 0.15) is 5.82 Å². The molecule has 3 N–H and O–H groups in total. The predicted octanol–water partition coefficient (Wildman–Crippen LogP) is 3.70. The molecular formula is C17H20ClN3. The quantitative estimate of drug-likeness (QED) is 0.905. The summed E-state index contributed by atoms with van der Waals surface area (Å²) in [6.45, 7) is 3.00. The van der Waals surface area contributed by atoms with E-state index in [2.05, 4.69) is 41.5 Å². The molecule has 0 saturated heterocycles. The minimum absolute atomic E-state index is 0.157. The van der Waals surface area contributed by atoms with Crippen LogP contribution >= 0.6 is 11.6 Å². The monoisotopic (exact) mass is 301 g/mol. The lowest BCUT2D eigenvalue weighted by molar-refractivity contribution is 0.453. The number of nitrogen functional groups attached to an aromatic ring is 1. The summed E-state index contributed by atoms with van der Waals surface area (Å²) in [7, 11) is 0. The molecule has 3 nitrogen and oxygen atoms in total. The van der Waals surface area contributed by atoms with Crippen LogP contribution in [0.2, 0.25) is 5.02 Å². The third-order valence-corrected chi connectivity index (χ3v) is 4.46. The topological polar surface area (TPSA) is 50.9 Å². The summed E-state index contributed by atoms with van der Waals surface area (Å²) in [4.78, 5) is 4.22. The number of nitrogens with two attached hydrogens (primary N) is 1. The molecule has 110 valence electrons. The number of anilines is 1. The lowest BCUT2D eigenvalue weighted by Crippen LogP contribution is -2.27. The number of hydrogen-bond acceptors (Lipinski definition) is 3. The highest BCUT2D eigenvalue weighted by molar-refractivity contribution is 6.30. The number of benzene rings is 1. The molecule has 3 rings (SSSR count). The zero-order valence-corrected chi connectivity index (χ0v) is 12.9. The first-order valence-electron chi connectivity index (χ1n) is 7.42. The molecule has 1 aliphatic carbocycles. The highest BCUT2D eigenvalue weighted by Crippen LogP contribution is 2.42. The molecule has 0 amide bonds. The molecule has 4 heteroatoms. The summed E-state index contributed by atoms with van der Waals surface area (Å²) in [5.41, 5.74) is 9.97. The third-order valence-electron chi connectivity index (χ3n) is 4.26. The van der Waals surface area contributed by atoms with Crippen molar-refractivity contribution < 1.29 is 0 Å². The molecule has 2 unspecified atom stereocenters. The van der Waals surface area contributed by atoms with Gasteiger partial charge in [-0.15, -0.1) is 0 Å². The van der Waals surface area contributed by atoms with Crippen molar-refractivity contribution in [3.8, 4) is 0 Å². The number of hydrogen-bond donors (Lipinski definition) is 2. The fourth-order valence-electron chi connectivity index (χ4n) is 3.34. The summed E-state index contributed by atoms with van der Waals surface area (Å²) in [5.74, 6) is 0.985. The van der Waals surface area contributed by atoms with E-state index < -0.39 is 0 Å². The molecule has 0 saturated carbocycles. The Morgan fingerprint density at radius 2 is 2.24 bits per heavy atom. The van der Waals surface area contributed by atoms with E-state index in [1.807, 2.05) is 6.07 Å². The molecule has 0 fully saturated rings. The van der Waals surface area contributed by atoms with Gasteiger partial charge in [-0.1, -0.05) is 42.8 Å². The Hall–Kier alpha value is -1.58. The van der Waals surface area contributed by atoms with E-state index in [0.717, 1.165) is 24.9 Å². The number of aromatic nitrogens is 1. The summed E-state index contributed by atoms with van der Waals surface area (Å²) in [6.07, 6.45) is 3.85. The van der Waals surface area contributed by atoms with Crippen molar-refractivity contribution in [2.45, 2.75) is 31.7 Å². The van der Waals surface area contributed by atoms with Crippen molar-refractivity contribution in [1.29, 1.82) is 0 Å². The van der Waals surface area contributed by atoms with Crippen molar-refractivity contribution in [3.63, 3.8) is 0 Å². The molecule has 0 bridgehead atoms. The largest absolute Gasteiger partial charge is 0.383 e. The van der Waals surface area contributed by atoms with Crippen molar-refractivity contribution in [3.05, 3.63) is 58.2 Å². The molecule has 0 aliphatic heterocycles. The maximum absolute atomic E-state index is 6.12. The number of rotatable bonds is 4. The van der Waals surface area contributed by atoms with Crippen LogP contribution in [-0.4, -0.2) is 11.5 Å². The fourth-order valence-corrected chi connectivity index (χ4v) is 3.51. The SMILES string of the molecule is CCNC(c1cc(Cl)cnc1N)C1CCc2ccccc21. The van der Waals surface area contributed by atoms with Gasteiger partial charge in [0.2, 0.25) is 0 Å². The number of nitrogens with one attached hydrogen (secondary N) is 1. The van der Waals surface area contributed by atoms with Crippen LogP contribution in [0.25, 0.3) is 0 Å². The lowest BCUT2D eigenvalue weighted by Gasteiger charge is -2.26. The molecule has 2 atom stereocenters. The van der Waals surface area contributed by atoms with E-state index in [9.17, 15) is 0 Å². The van der Waals surface area contributed by atoms with E-state index in [-0.39, 0.29) is 6.04 Å². The van der Waals surface area contributed by atoms with Gasteiger partial charge >= 0.3 is 0 Å². The molecule has 0 spiro atoms. The lowest BCUT2D eigenvalue weighted by atomic mass is 9.88. The van der Waals surface area contributed by atoms with Gasteiger partial charge in [-0.3, -0.25) is 0 Å². The standard InChI is InChI=1S/C17H20ClN3/c1-2-20-16(15-9-12(18)10-21-17(15)19)14-8-7-11-5-3-4-6-13(11)14/h3-6,9-10,14,16,20H,2,7-8H2,1H3,(H2,19,21). The number of pyridine rings is 1. The smallest absolute Gasteiger partial charge is 0.128 e. The Kier molecular flexibility index (Phi) is 4.13. The van der Waals surface area contributed by atoms with E-state index in [1.165, 1.54) is 11.1 Å². The first-order chi connectivity index (χ1) is 10.2. The van der Waals surface area contributed by atoms with E-state index in [1.54, 1.807) is 6.20 Å². The maximum Gasteiger partial charge on any atom is 0.128 e. The highest BCUT2D eigenvalue weighted by Gasteiger charge is 2.31. The number of nitrogens with zero attached hydrogens (tertiary/aromatic N) is 1. The Bertz CT molecular complexity index is 642. The third kappa shape index (κ3) is 2.76. The Labute approximate surface area is 130 Å². The van der Waals surface area contributed by atoms with Crippen LogP contribution in [0.3, 0.4) is 0 Å². The second-order valence-corrected chi connectivity index (χ2v) is 5.94. The fraction of sp³-hybridized carbons (Fsp3) is 0.353. The van der Waals surface area contributed by atoms with Crippen molar-refractivity contribution >= 4 is 17.4 Å².